The third-order valence-corrected chi connectivity index (χ3v) is 6.90. The predicted molar refractivity (Wildman–Crippen MR) is 125 cm³/mol. The van der Waals surface area contributed by atoms with E-state index in [4.69, 9.17) is 9.59 Å². The van der Waals surface area contributed by atoms with Crippen molar-refractivity contribution in [3.63, 3.8) is 0 Å². The van der Waals surface area contributed by atoms with Gasteiger partial charge in [-0.25, -0.2) is 0 Å². The van der Waals surface area contributed by atoms with Crippen molar-refractivity contribution in [2.45, 2.75) is 31.1 Å². The lowest BCUT2D eigenvalue weighted by Gasteiger charge is -2.20. The van der Waals surface area contributed by atoms with E-state index in [-0.39, 0.29) is 22.1 Å². The Bertz CT molecular complexity index is 1250. The fourth-order valence-corrected chi connectivity index (χ4v) is 4.89. The Balaban J connectivity index is 1.52. The van der Waals surface area contributed by atoms with Crippen LogP contribution in [0.5, 0.6) is 5.75 Å². The van der Waals surface area contributed by atoms with Crippen molar-refractivity contribution in [2.24, 2.45) is 10.1 Å². The molecule has 0 radical (unpaired) electrons. The summed E-state index contributed by atoms with van der Waals surface area (Å²) in [6.45, 7) is 2.09. The number of carbonyl (C=O) groups excluding carboxylic acids is 1. The Kier molecular flexibility index (Phi) is 6.24. The molecular weight excluding hydrogens is 448 g/mol. The number of benzene rings is 2. The first-order valence-corrected chi connectivity index (χ1v) is 12.2. The molecule has 1 N–H and O–H groups in total. The zero-order chi connectivity index (χ0) is 22.7. The van der Waals surface area contributed by atoms with Crippen LogP contribution < -0.4 is 4.18 Å². The van der Waals surface area contributed by atoms with Crippen molar-refractivity contribution in [1.29, 1.82) is 5.41 Å². The second-order valence-corrected chi connectivity index (χ2v) is 9.62. The molecule has 0 fully saturated rings. The van der Waals surface area contributed by atoms with E-state index in [1.165, 1.54) is 47.1 Å². The van der Waals surface area contributed by atoms with Gasteiger partial charge in [0.1, 0.15) is 15.7 Å². The maximum absolute atomic E-state index is 12.5. The zero-order valence-electron chi connectivity index (χ0n) is 17.2. The van der Waals surface area contributed by atoms with E-state index >= 15 is 0 Å². The first kappa shape index (κ1) is 22.0. The molecule has 2 aliphatic rings. The number of hydrogen-bond donors (Lipinski definition) is 1. The number of hydrogen-bond acceptors (Lipinski definition) is 7. The normalized spacial score (nSPS) is 17.3. The van der Waals surface area contributed by atoms with E-state index in [1.54, 1.807) is 30.3 Å². The fourth-order valence-electron chi connectivity index (χ4n) is 3.01. The number of amides is 1. The summed E-state index contributed by atoms with van der Waals surface area (Å²) in [6, 6.07) is 14.1. The molecule has 1 amide bonds. The summed E-state index contributed by atoms with van der Waals surface area (Å²) in [7, 11) is -3.94. The number of aliphatic imine (C=N–C) groups is 1. The van der Waals surface area contributed by atoms with E-state index in [1.807, 2.05) is 0 Å². The van der Waals surface area contributed by atoms with Gasteiger partial charge in [-0.1, -0.05) is 43.7 Å². The van der Waals surface area contributed by atoms with Gasteiger partial charge in [-0.15, -0.1) is 0 Å². The van der Waals surface area contributed by atoms with Gasteiger partial charge in [0.15, 0.2) is 5.84 Å². The number of amidine groups is 2. The number of nitrogens with one attached hydrogen (secondary N) is 1. The molecule has 32 heavy (non-hydrogen) atoms. The standard InChI is InChI=1S/C22H20N4O4S2/c1-2-3-9-19-25-26-20(23)18(21(27)24-22(26)31-19)14-15-10-12-16(13-11-15)30-32(28,29)17-7-5-4-6-8-17/h4-8,10-14,23H,2-3,9H2,1H3/b18-14-,23-20?. The molecule has 2 aromatic rings. The average Bonchev–Trinajstić information content (AvgIpc) is 3.19. The molecule has 2 heterocycles. The van der Waals surface area contributed by atoms with Crippen LogP contribution in [0.4, 0.5) is 0 Å². The second kappa shape index (κ2) is 9.09. The first-order chi connectivity index (χ1) is 15.4. The van der Waals surface area contributed by atoms with Crippen LogP contribution in [0.15, 0.2) is 75.2 Å². The molecule has 0 aromatic heterocycles. The fraction of sp³-hybridized carbons (Fsp3) is 0.182. The van der Waals surface area contributed by atoms with Crippen molar-refractivity contribution in [1.82, 2.24) is 5.01 Å². The lowest BCUT2D eigenvalue weighted by molar-refractivity contribution is -0.114. The van der Waals surface area contributed by atoms with Gasteiger partial charge in [-0.2, -0.15) is 23.5 Å². The van der Waals surface area contributed by atoms with Crippen LogP contribution in [0.25, 0.3) is 6.08 Å². The molecule has 4 rings (SSSR count). The van der Waals surface area contributed by atoms with E-state index in [9.17, 15) is 13.2 Å². The Hall–Kier alpha value is -3.24. The molecule has 2 aliphatic heterocycles. The van der Waals surface area contributed by atoms with Crippen LogP contribution >= 0.6 is 11.8 Å². The van der Waals surface area contributed by atoms with Crippen molar-refractivity contribution >= 4 is 49.9 Å². The van der Waals surface area contributed by atoms with Crippen molar-refractivity contribution in [2.75, 3.05) is 0 Å². The van der Waals surface area contributed by atoms with Gasteiger partial charge in [-0.3, -0.25) is 10.2 Å². The predicted octanol–water partition coefficient (Wildman–Crippen LogP) is 4.26. The smallest absolute Gasteiger partial charge is 0.339 e. The minimum absolute atomic E-state index is 0.0361. The van der Waals surface area contributed by atoms with Crippen LogP contribution in [0.2, 0.25) is 0 Å². The van der Waals surface area contributed by atoms with Crippen LogP contribution in [0.1, 0.15) is 31.7 Å². The molecule has 0 spiro atoms. The molecule has 0 unspecified atom stereocenters. The highest BCUT2D eigenvalue weighted by molar-refractivity contribution is 8.26. The molecule has 2 aromatic carbocycles. The number of carbonyl (C=O) groups is 1. The monoisotopic (exact) mass is 468 g/mol. The van der Waals surface area contributed by atoms with Crippen LogP contribution in [0.3, 0.4) is 0 Å². The van der Waals surface area contributed by atoms with Crippen molar-refractivity contribution in [3.8, 4) is 5.75 Å². The van der Waals surface area contributed by atoms with E-state index in [0.717, 1.165) is 24.3 Å². The zero-order valence-corrected chi connectivity index (χ0v) is 18.8. The summed E-state index contributed by atoms with van der Waals surface area (Å²) in [5, 5.41) is 15.4. The third-order valence-electron chi connectivity index (χ3n) is 4.67. The van der Waals surface area contributed by atoms with E-state index in [2.05, 4.69) is 17.0 Å². The van der Waals surface area contributed by atoms with Gasteiger partial charge in [0.05, 0.1) is 5.57 Å². The maximum Gasteiger partial charge on any atom is 0.339 e. The molecule has 0 atom stereocenters. The van der Waals surface area contributed by atoms with Gasteiger partial charge >= 0.3 is 10.1 Å². The summed E-state index contributed by atoms with van der Waals surface area (Å²) < 4.78 is 29.9. The Labute approximate surface area is 190 Å². The number of unbranched alkanes of at least 4 members (excludes halogenated alkanes) is 1. The largest absolute Gasteiger partial charge is 0.379 e. The van der Waals surface area contributed by atoms with Crippen LogP contribution in [0, 0.1) is 5.41 Å². The summed E-state index contributed by atoms with van der Waals surface area (Å²) >= 11 is 1.32. The van der Waals surface area contributed by atoms with Crippen LogP contribution in [-0.2, 0) is 14.9 Å². The maximum atomic E-state index is 12.5. The second-order valence-electron chi connectivity index (χ2n) is 7.04. The van der Waals surface area contributed by atoms with Crippen molar-refractivity contribution < 1.29 is 17.4 Å². The number of fused-ring (bicyclic) bond motifs is 1. The minimum atomic E-state index is -3.94. The van der Waals surface area contributed by atoms with E-state index in [0.29, 0.717) is 10.7 Å². The highest BCUT2D eigenvalue weighted by Gasteiger charge is 2.35. The Morgan fingerprint density at radius 2 is 1.84 bits per heavy atom. The summed E-state index contributed by atoms with van der Waals surface area (Å²) in [6.07, 6.45) is 4.32. The molecule has 164 valence electrons. The number of nitrogens with zero attached hydrogens (tertiary/aromatic N) is 3. The Morgan fingerprint density at radius 1 is 1.12 bits per heavy atom. The highest BCUT2D eigenvalue weighted by atomic mass is 32.2. The molecule has 8 nitrogen and oxygen atoms in total. The molecule has 0 aliphatic carbocycles. The van der Waals surface area contributed by atoms with Crippen LogP contribution in [-0.4, -0.2) is 35.4 Å². The lowest BCUT2D eigenvalue weighted by Crippen LogP contribution is -2.35. The van der Waals surface area contributed by atoms with Crippen molar-refractivity contribution in [3.05, 3.63) is 65.7 Å². The average molecular weight is 469 g/mol. The highest BCUT2D eigenvalue weighted by Crippen LogP contribution is 2.30. The quantitative estimate of drug-likeness (QED) is 0.480. The molecule has 0 saturated carbocycles. The molecule has 0 bridgehead atoms. The van der Waals surface area contributed by atoms with Gasteiger partial charge in [0, 0.05) is 0 Å². The minimum Gasteiger partial charge on any atom is -0.379 e. The summed E-state index contributed by atoms with van der Waals surface area (Å²) in [4.78, 5) is 16.6. The lowest BCUT2D eigenvalue weighted by atomic mass is 10.1. The third kappa shape index (κ3) is 4.66. The Morgan fingerprint density at radius 3 is 2.53 bits per heavy atom. The number of rotatable bonds is 7. The summed E-state index contributed by atoms with van der Waals surface area (Å²) in [5.74, 6) is -0.402. The number of thioether (sulfide) groups is 1. The molecular formula is C22H20N4O4S2. The van der Waals surface area contributed by atoms with Gasteiger partial charge in [-0.05, 0) is 60.5 Å². The molecule has 0 saturated heterocycles. The van der Waals surface area contributed by atoms with Gasteiger partial charge < -0.3 is 4.18 Å². The SMILES string of the molecule is CCCCC1=NN2C(=N)/C(=C/c3ccc(OS(=O)(=O)c4ccccc4)cc3)C(=O)N=C2S1. The number of hydrazone groups is 1. The molecule has 10 heteroatoms. The van der Waals surface area contributed by atoms with E-state index < -0.39 is 16.0 Å². The topological polar surface area (TPSA) is 112 Å². The van der Waals surface area contributed by atoms with Gasteiger partial charge in [0.25, 0.3) is 5.91 Å². The summed E-state index contributed by atoms with van der Waals surface area (Å²) in [5.41, 5.74) is 0.712. The first-order valence-electron chi connectivity index (χ1n) is 9.96. The van der Waals surface area contributed by atoms with Gasteiger partial charge in [0.2, 0.25) is 5.17 Å².